The summed E-state index contributed by atoms with van der Waals surface area (Å²) in [6.07, 6.45) is 3.82. The number of benzene rings is 2. The molecule has 0 saturated heterocycles. The summed E-state index contributed by atoms with van der Waals surface area (Å²) in [7, 11) is 0. The summed E-state index contributed by atoms with van der Waals surface area (Å²) in [6, 6.07) is 15.3. The molecule has 0 radical (unpaired) electrons. The summed E-state index contributed by atoms with van der Waals surface area (Å²) in [5.74, 6) is 1.03. The molecule has 0 aliphatic carbocycles. The van der Waals surface area contributed by atoms with E-state index in [2.05, 4.69) is 70.2 Å². The molecule has 1 unspecified atom stereocenters. The van der Waals surface area contributed by atoms with Crippen LogP contribution >= 0.6 is 15.9 Å². The Kier molecular flexibility index (Phi) is 3.84. The van der Waals surface area contributed by atoms with Gasteiger partial charge in [-0.25, -0.2) is 0 Å². The topological polar surface area (TPSA) is 12.5 Å². The third-order valence-electron chi connectivity index (χ3n) is 5.19. The fourth-order valence-corrected chi connectivity index (χ4v) is 4.39. The van der Waals surface area contributed by atoms with Gasteiger partial charge in [0.25, 0.3) is 0 Å². The third-order valence-corrected chi connectivity index (χ3v) is 5.68. The van der Waals surface area contributed by atoms with Crippen LogP contribution in [0, 0.1) is 0 Å². The number of hydrogen-bond acceptors (Lipinski definition) is 2. The van der Waals surface area contributed by atoms with Crippen LogP contribution in [0.1, 0.15) is 37.3 Å². The second kappa shape index (κ2) is 5.86. The predicted octanol–water partition coefficient (Wildman–Crippen LogP) is 5.14. The zero-order chi connectivity index (χ0) is 15.9. The van der Waals surface area contributed by atoms with Gasteiger partial charge in [0.05, 0.1) is 5.41 Å². The molecule has 2 aliphatic rings. The first-order chi connectivity index (χ1) is 11.2. The van der Waals surface area contributed by atoms with Crippen molar-refractivity contribution in [2.45, 2.75) is 31.6 Å². The summed E-state index contributed by atoms with van der Waals surface area (Å²) in [6.45, 7) is 5.18. The largest absolute Gasteiger partial charge is 0.492 e. The Labute approximate surface area is 146 Å². The van der Waals surface area contributed by atoms with Gasteiger partial charge < -0.3 is 9.64 Å². The van der Waals surface area contributed by atoms with Crippen molar-refractivity contribution in [1.29, 1.82) is 0 Å². The molecule has 0 amide bonds. The van der Waals surface area contributed by atoms with Gasteiger partial charge >= 0.3 is 0 Å². The lowest BCUT2D eigenvalue weighted by Gasteiger charge is -2.25. The van der Waals surface area contributed by atoms with Crippen LogP contribution in [0.25, 0.3) is 0 Å². The van der Waals surface area contributed by atoms with E-state index in [0.29, 0.717) is 0 Å². The van der Waals surface area contributed by atoms with Gasteiger partial charge in [-0.2, -0.15) is 0 Å². The first-order valence-electron chi connectivity index (χ1n) is 8.52. The monoisotopic (exact) mass is 371 g/mol. The quantitative estimate of drug-likeness (QED) is 0.690. The van der Waals surface area contributed by atoms with Gasteiger partial charge in [-0.15, -0.1) is 0 Å². The van der Waals surface area contributed by atoms with E-state index in [1.54, 1.807) is 0 Å². The lowest BCUT2D eigenvalue weighted by atomic mass is 9.78. The molecule has 2 aromatic rings. The second-order valence-corrected chi connectivity index (χ2v) is 7.57. The van der Waals surface area contributed by atoms with Gasteiger partial charge in [-0.05, 0) is 30.2 Å². The van der Waals surface area contributed by atoms with Gasteiger partial charge in [-0.3, -0.25) is 0 Å². The highest BCUT2D eigenvalue weighted by molar-refractivity contribution is 9.10. The van der Waals surface area contributed by atoms with Crippen LogP contribution in [0.15, 0.2) is 46.9 Å². The Balaban J connectivity index is 1.74. The van der Waals surface area contributed by atoms with Gasteiger partial charge in [0.15, 0.2) is 0 Å². The van der Waals surface area contributed by atoms with Crippen molar-refractivity contribution in [3.8, 4) is 5.75 Å². The molecule has 23 heavy (non-hydrogen) atoms. The minimum Gasteiger partial charge on any atom is -0.492 e. The summed E-state index contributed by atoms with van der Waals surface area (Å²) in [5.41, 5.74) is 4.16. The van der Waals surface area contributed by atoms with Crippen LogP contribution < -0.4 is 9.64 Å². The van der Waals surface area contributed by atoms with E-state index >= 15 is 0 Å². The molecule has 0 fully saturated rings. The van der Waals surface area contributed by atoms with E-state index in [1.807, 2.05) is 0 Å². The maximum atomic E-state index is 6.09. The Hall–Kier alpha value is -1.48. The molecule has 1 atom stereocenters. The first kappa shape index (κ1) is 15.1. The van der Waals surface area contributed by atoms with Gasteiger partial charge in [0, 0.05) is 28.8 Å². The van der Waals surface area contributed by atoms with E-state index < -0.39 is 0 Å². The molecule has 2 aliphatic heterocycles. The van der Waals surface area contributed by atoms with E-state index in [0.717, 1.165) is 29.9 Å². The minimum absolute atomic E-state index is 0.00115. The molecule has 0 N–H and O–H groups in total. The molecule has 2 heterocycles. The van der Waals surface area contributed by atoms with Crippen molar-refractivity contribution in [3.05, 3.63) is 58.1 Å². The number of fused-ring (bicyclic) bond motifs is 4. The summed E-state index contributed by atoms with van der Waals surface area (Å²) in [4.78, 5) is 2.56. The van der Waals surface area contributed by atoms with Crippen LogP contribution in [0.2, 0.25) is 0 Å². The van der Waals surface area contributed by atoms with Crippen molar-refractivity contribution >= 4 is 21.6 Å². The van der Waals surface area contributed by atoms with Crippen molar-refractivity contribution in [1.82, 2.24) is 0 Å². The Bertz CT molecular complexity index is 729. The van der Waals surface area contributed by atoms with Gasteiger partial charge in [0.2, 0.25) is 0 Å². The molecule has 0 aromatic heterocycles. The van der Waals surface area contributed by atoms with Crippen LogP contribution in [0.4, 0.5) is 5.69 Å². The minimum atomic E-state index is -0.00115. The number of halogens is 1. The normalized spacial score (nSPS) is 21.4. The van der Waals surface area contributed by atoms with Crippen LogP contribution in [0.5, 0.6) is 5.75 Å². The maximum Gasteiger partial charge on any atom is 0.124 e. The molecular weight excluding hydrogens is 350 g/mol. The number of ether oxygens (including phenoxy) is 1. The predicted molar refractivity (Wildman–Crippen MR) is 98.6 cm³/mol. The van der Waals surface area contributed by atoms with E-state index in [1.165, 1.54) is 36.1 Å². The van der Waals surface area contributed by atoms with Gasteiger partial charge in [-0.1, -0.05) is 60.0 Å². The third kappa shape index (κ3) is 2.37. The lowest BCUT2D eigenvalue weighted by molar-refractivity contribution is 0.299. The van der Waals surface area contributed by atoms with Crippen LogP contribution in [-0.4, -0.2) is 19.7 Å². The molecular formula is C20H22BrNO. The molecule has 4 rings (SSSR count). The zero-order valence-electron chi connectivity index (χ0n) is 13.5. The van der Waals surface area contributed by atoms with Crippen molar-refractivity contribution in [2.24, 2.45) is 0 Å². The van der Waals surface area contributed by atoms with E-state index in [4.69, 9.17) is 4.74 Å². The highest BCUT2D eigenvalue weighted by Crippen LogP contribution is 2.51. The zero-order valence-corrected chi connectivity index (χ0v) is 15.1. The highest BCUT2D eigenvalue weighted by atomic mass is 79.9. The maximum absolute atomic E-state index is 6.09. The fraction of sp³-hybridized carbons (Fsp3) is 0.400. The first-order valence-corrected chi connectivity index (χ1v) is 9.31. The molecule has 1 spiro atoms. The number of unbranched alkanes of at least 4 members (excludes halogenated alkanes) is 2. The average Bonchev–Trinajstić information content (AvgIpc) is 3.08. The van der Waals surface area contributed by atoms with Crippen molar-refractivity contribution in [3.63, 3.8) is 0 Å². The average molecular weight is 372 g/mol. The highest BCUT2D eigenvalue weighted by Gasteiger charge is 2.49. The molecule has 3 heteroatoms. The molecule has 0 saturated carbocycles. The van der Waals surface area contributed by atoms with Gasteiger partial charge in [0.1, 0.15) is 12.4 Å². The standard InChI is InChI=1S/C20H22BrNO/c1-2-3-6-11-22-13-20(16-7-4-5-8-18(16)22)14-23-19-12-15(21)9-10-17(19)20/h4-5,7-10,12H,2-3,6,11,13-14H2,1H3. The summed E-state index contributed by atoms with van der Waals surface area (Å²) in [5, 5.41) is 0. The molecule has 0 bridgehead atoms. The molecule has 2 aromatic carbocycles. The fourth-order valence-electron chi connectivity index (χ4n) is 4.05. The lowest BCUT2D eigenvalue weighted by Crippen LogP contribution is -2.36. The SMILES string of the molecule is CCCCCN1CC2(COc3cc(Br)ccc32)c2ccccc21. The number of nitrogens with zero attached hydrogens (tertiary/aromatic N) is 1. The number of hydrogen-bond donors (Lipinski definition) is 0. The summed E-state index contributed by atoms with van der Waals surface area (Å²) >= 11 is 3.56. The summed E-state index contributed by atoms with van der Waals surface area (Å²) < 4.78 is 7.17. The number of rotatable bonds is 4. The van der Waals surface area contributed by atoms with E-state index in [9.17, 15) is 0 Å². The van der Waals surface area contributed by atoms with Crippen molar-refractivity contribution < 1.29 is 4.74 Å². The van der Waals surface area contributed by atoms with Crippen molar-refractivity contribution in [2.75, 3.05) is 24.6 Å². The second-order valence-electron chi connectivity index (χ2n) is 6.66. The smallest absolute Gasteiger partial charge is 0.124 e. The Morgan fingerprint density at radius 3 is 2.87 bits per heavy atom. The van der Waals surface area contributed by atoms with Crippen LogP contribution in [-0.2, 0) is 5.41 Å². The van der Waals surface area contributed by atoms with Crippen LogP contribution in [0.3, 0.4) is 0 Å². The Morgan fingerprint density at radius 1 is 1.13 bits per heavy atom. The van der Waals surface area contributed by atoms with E-state index in [-0.39, 0.29) is 5.41 Å². The molecule has 2 nitrogen and oxygen atoms in total. The number of anilines is 1. The number of para-hydroxylation sites is 1. The molecule has 120 valence electrons. The Morgan fingerprint density at radius 2 is 2.00 bits per heavy atom.